The van der Waals surface area contributed by atoms with E-state index in [1.807, 2.05) is 0 Å². The number of carbonyl (C=O) groups excluding carboxylic acids is 1. The van der Waals surface area contributed by atoms with Crippen molar-refractivity contribution in [1.82, 2.24) is 5.32 Å². The molecule has 0 aliphatic rings. The molecule has 0 saturated heterocycles. The van der Waals surface area contributed by atoms with Crippen molar-refractivity contribution in [1.29, 1.82) is 0 Å². The molecule has 0 fully saturated rings. The Labute approximate surface area is 114 Å². The maximum atomic E-state index is 11.9. The van der Waals surface area contributed by atoms with Gasteiger partial charge < -0.3 is 15.8 Å². The quantitative estimate of drug-likeness (QED) is 0.486. The molecule has 0 saturated carbocycles. The Kier molecular flexibility index (Phi) is 5.08. The molecule has 0 aliphatic carbocycles. The fraction of sp³-hybridized carbons (Fsp3) is 0.364. The molecule has 1 unspecified atom stereocenters. The number of methoxy groups -OCH3 is 1. The molecule has 19 heavy (non-hydrogen) atoms. The number of nitro groups is 1. The predicted octanol–water partition coefficient (Wildman–Crippen LogP) is 1.60. The topological polar surface area (TPSA) is 107 Å². The highest BCUT2D eigenvalue weighted by atomic mass is 35.5. The average Bonchev–Trinajstić information content (AvgIpc) is 2.32. The van der Waals surface area contributed by atoms with Gasteiger partial charge >= 0.3 is 0 Å². The van der Waals surface area contributed by atoms with Crippen LogP contribution in [0.4, 0.5) is 11.4 Å². The number of ether oxygens (including phenoxy) is 1. The molecule has 1 aromatic rings. The number of hydrogen-bond acceptors (Lipinski definition) is 5. The maximum Gasteiger partial charge on any atom is 0.294 e. The number of nitro benzene ring substituents is 1. The fourth-order valence-corrected chi connectivity index (χ4v) is 1.70. The van der Waals surface area contributed by atoms with Gasteiger partial charge in [-0.2, -0.15) is 0 Å². The van der Waals surface area contributed by atoms with E-state index in [9.17, 15) is 14.9 Å². The maximum absolute atomic E-state index is 11.9. The second-order valence-electron chi connectivity index (χ2n) is 3.98. The lowest BCUT2D eigenvalue weighted by atomic mass is 10.1. The molecule has 0 heterocycles. The molecule has 0 spiro atoms. The number of carbonyl (C=O) groups is 1. The molecule has 0 radical (unpaired) electrons. The number of amides is 1. The summed E-state index contributed by atoms with van der Waals surface area (Å²) in [6.45, 7) is 2.07. The molecule has 3 N–H and O–H groups in total. The van der Waals surface area contributed by atoms with Gasteiger partial charge in [-0.3, -0.25) is 14.9 Å². The average molecular weight is 288 g/mol. The minimum absolute atomic E-state index is 0.0289. The van der Waals surface area contributed by atoms with Crippen molar-refractivity contribution in [2.24, 2.45) is 0 Å². The number of halogens is 1. The Morgan fingerprint density at radius 1 is 1.63 bits per heavy atom. The number of rotatable bonds is 5. The number of benzene rings is 1. The lowest BCUT2D eigenvalue weighted by Gasteiger charge is -2.13. The number of anilines is 1. The van der Waals surface area contributed by atoms with E-state index in [1.54, 1.807) is 6.92 Å². The van der Waals surface area contributed by atoms with Crippen LogP contribution in [0, 0.1) is 10.1 Å². The first kappa shape index (κ1) is 15.2. The Hall–Kier alpha value is -1.86. The first-order valence-electron chi connectivity index (χ1n) is 5.40. The largest absolute Gasteiger partial charge is 0.392 e. The highest BCUT2D eigenvalue weighted by Gasteiger charge is 2.20. The zero-order chi connectivity index (χ0) is 14.6. The molecule has 1 rings (SSSR count). The van der Waals surface area contributed by atoms with E-state index in [-0.39, 0.29) is 22.3 Å². The van der Waals surface area contributed by atoms with Gasteiger partial charge in [-0.25, -0.2) is 0 Å². The number of nitrogen functional groups attached to an aromatic ring is 1. The van der Waals surface area contributed by atoms with E-state index in [0.29, 0.717) is 6.61 Å². The van der Waals surface area contributed by atoms with E-state index in [1.165, 1.54) is 13.2 Å². The summed E-state index contributed by atoms with van der Waals surface area (Å²) in [7, 11) is 1.51. The van der Waals surface area contributed by atoms with Crippen LogP contribution in [0.3, 0.4) is 0 Å². The van der Waals surface area contributed by atoms with Gasteiger partial charge in [0, 0.05) is 24.8 Å². The van der Waals surface area contributed by atoms with Gasteiger partial charge in [0.2, 0.25) is 0 Å². The molecule has 0 aliphatic heterocycles. The first-order valence-corrected chi connectivity index (χ1v) is 5.77. The third-order valence-corrected chi connectivity index (χ3v) is 2.67. The molecule has 8 heteroatoms. The van der Waals surface area contributed by atoms with Crippen LogP contribution in [-0.2, 0) is 4.74 Å². The van der Waals surface area contributed by atoms with Crippen LogP contribution in [0.15, 0.2) is 12.1 Å². The van der Waals surface area contributed by atoms with Crippen LogP contribution in [-0.4, -0.2) is 30.6 Å². The normalized spacial score (nSPS) is 11.9. The van der Waals surface area contributed by atoms with E-state index in [4.69, 9.17) is 22.1 Å². The van der Waals surface area contributed by atoms with Crippen molar-refractivity contribution in [3.8, 4) is 0 Å². The summed E-state index contributed by atoms with van der Waals surface area (Å²) in [5.74, 6) is -0.477. The van der Waals surface area contributed by atoms with Crippen LogP contribution in [0.25, 0.3) is 0 Å². The van der Waals surface area contributed by atoms with Crippen molar-refractivity contribution in [2.45, 2.75) is 13.0 Å². The highest BCUT2D eigenvalue weighted by molar-refractivity contribution is 6.34. The number of hydrogen-bond donors (Lipinski definition) is 2. The van der Waals surface area contributed by atoms with Gasteiger partial charge in [0.1, 0.15) is 5.69 Å². The van der Waals surface area contributed by atoms with Crippen molar-refractivity contribution < 1.29 is 14.5 Å². The molecule has 104 valence electrons. The zero-order valence-corrected chi connectivity index (χ0v) is 11.2. The second-order valence-corrected chi connectivity index (χ2v) is 4.39. The van der Waals surface area contributed by atoms with Gasteiger partial charge in [-0.15, -0.1) is 0 Å². The molecule has 7 nitrogen and oxygen atoms in total. The number of nitrogens with zero attached hydrogens (tertiary/aromatic N) is 1. The van der Waals surface area contributed by atoms with Crippen LogP contribution >= 0.6 is 11.6 Å². The first-order chi connectivity index (χ1) is 8.86. The van der Waals surface area contributed by atoms with E-state index >= 15 is 0 Å². The van der Waals surface area contributed by atoms with Crippen LogP contribution in [0.5, 0.6) is 0 Å². The standard InChI is InChI=1S/C11H14ClN3O4/c1-6(5-19-2)14-11(16)7-3-8(12)10(13)9(4-7)15(17)18/h3-4,6H,5,13H2,1-2H3,(H,14,16). The Bertz CT molecular complexity index is 507. The highest BCUT2D eigenvalue weighted by Crippen LogP contribution is 2.30. The summed E-state index contributed by atoms with van der Waals surface area (Å²) < 4.78 is 4.88. The number of nitrogens with one attached hydrogen (secondary N) is 1. The van der Waals surface area contributed by atoms with E-state index in [0.717, 1.165) is 6.07 Å². The van der Waals surface area contributed by atoms with Crippen LogP contribution in [0.2, 0.25) is 5.02 Å². The Morgan fingerprint density at radius 3 is 2.79 bits per heavy atom. The lowest BCUT2D eigenvalue weighted by Crippen LogP contribution is -2.35. The fourth-order valence-electron chi connectivity index (χ4n) is 1.48. The summed E-state index contributed by atoms with van der Waals surface area (Å²) >= 11 is 5.77. The molecule has 1 amide bonds. The van der Waals surface area contributed by atoms with Crippen LogP contribution in [0.1, 0.15) is 17.3 Å². The van der Waals surface area contributed by atoms with Crippen molar-refractivity contribution >= 4 is 28.9 Å². The smallest absolute Gasteiger partial charge is 0.294 e. The molecule has 0 bridgehead atoms. The van der Waals surface area contributed by atoms with E-state index in [2.05, 4.69) is 5.32 Å². The van der Waals surface area contributed by atoms with Crippen molar-refractivity contribution in [3.63, 3.8) is 0 Å². The molecule has 0 aromatic heterocycles. The molecular formula is C11H14ClN3O4. The van der Waals surface area contributed by atoms with Crippen LogP contribution < -0.4 is 11.1 Å². The summed E-state index contributed by atoms with van der Waals surface area (Å²) in [4.78, 5) is 22.0. The van der Waals surface area contributed by atoms with E-state index < -0.39 is 16.5 Å². The lowest BCUT2D eigenvalue weighted by molar-refractivity contribution is -0.383. The third kappa shape index (κ3) is 3.80. The van der Waals surface area contributed by atoms with Gasteiger partial charge in [-0.05, 0) is 13.0 Å². The van der Waals surface area contributed by atoms with Crippen molar-refractivity contribution in [3.05, 3.63) is 32.8 Å². The predicted molar refractivity (Wildman–Crippen MR) is 71.3 cm³/mol. The molecule has 1 aromatic carbocycles. The summed E-state index contributed by atoms with van der Waals surface area (Å²) in [6, 6.07) is 2.15. The Balaban J connectivity index is 3.01. The molecule has 1 atom stereocenters. The summed E-state index contributed by atoms with van der Waals surface area (Å²) in [6.07, 6.45) is 0. The van der Waals surface area contributed by atoms with Gasteiger partial charge in [0.05, 0.1) is 16.6 Å². The summed E-state index contributed by atoms with van der Waals surface area (Å²) in [5.41, 5.74) is 5.00. The van der Waals surface area contributed by atoms with Gasteiger partial charge in [-0.1, -0.05) is 11.6 Å². The zero-order valence-electron chi connectivity index (χ0n) is 10.5. The third-order valence-electron chi connectivity index (χ3n) is 2.36. The summed E-state index contributed by atoms with van der Waals surface area (Å²) in [5, 5.41) is 13.4. The minimum Gasteiger partial charge on any atom is -0.392 e. The van der Waals surface area contributed by atoms with Gasteiger partial charge in [0.25, 0.3) is 11.6 Å². The second kappa shape index (κ2) is 6.35. The SMILES string of the molecule is COCC(C)NC(=O)c1cc(Cl)c(N)c([N+](=O)[O-])c1. The van der Waals surface area contributed by atoms with Gasteiger partial charge in [0.15, 0.2) is 0 Å². The molecular weight excluding hydrogens is 274 g/mol. The minimum atomic E-state index is -0.684. The van der Waals surface area contributed by atoms with Crippen molar-refractivity contribution in [2.75, 3.05) is 19.5 Å². The Morgan fingerprint density at radius 2 is 2.26 bits per heavy atom. The number of nitrogens with two attached hydrogens (primary N) is 1. The monoisotopic (exact) mass is 287 g/mol.